The number of H-pyrrole nitrogens is 1. The number of hydrogen-bond acceptors (Lipinski definition) is 9. The summed E-state index contributed by atoms with van der Waals surface area (Å²) in [6.07, 6.45) is 6.84. The first kappa shape index (κ1) is 19.4. The van der Waals surface area contributed by atoms with E-state index in [1.54, 1.807) is 25.6 Å². The number of aromatic nitrogens is 6. The third-order valence-electron chi connectivity index (χ3n) is 4.33. The van der Waals surface area contributed by atoms with Crippen LogP contribution in [0.1, 0.15) is 22.7 Å². The molecule has 4 rings (SSSR count). The highest BCUT2D eigenvalue weighted by molar-refractivity contribution is 5.53. The Morgan fingerprint density at radius 1 is 1.13 bits per heavy atom. The molecule has 4 heterocycles. The second kappa shape index (κ2) is 9.03. The summed E-state index contributed by atoms with van der Waals surface area (Å²) in [7, 11) is 1.64. The number of pyridine rings is 1. The van der Waals surface area contributed by atoms with Crippen LogP contribution < -0.4 is 15.4 Å². The lowest BCUT2D eigenvalue weighted by molar-refractivity contribution is 0.384. The summed E-state index contributed by atoms with van der Waals surface area (Å²) in [5.74, 6) is 3.28. The average Bonchev–Trinajstić information content (AvgIpc) is 3.40. The molecule has 30 heavy (non-hydrogen) atoms. The van der Waals surface area contributed by atoms with Crippen LogP contribution in [0.2, 0.25) is 0 Å². The van der Waals surface area contributed by atoms with Crippen LogP contribution in [-0.2, 0) is 19.4 Å². The topological polar surface area (TPSA) is 127 Å². The Labute approximate surface area is 173 Å². The van der Waals surface area contributed by atoms with Crippen molar-refractivity contribution in [1.29, 1.82) is 0 Å². The van der Waals surface area contributed by atoms with E-state index in [0.717, 1.165) is 41.3 Å². The largest absolute Gasteiger partial charge is 0.495 e. The number of rotatable bonds is 9. The number of ether oxygens (including phenoxy) is 1. The highest BCUT2D eigenvalue weighted by Crippen LogP contribution is 2.17. The zero-order chi connectivity index (χ0) is 20.8. The van der Waals surface area contributed by atoms with E-state index in [1.807, 2.05) is 31.3 Å². The van der Waals surface area contributed by atoms with Gasteiger partial charge in [-0.1, -0.05) is 5.16 Å². The average molecular weight is 406 g/mol. The summed E-state index contributed by atoms with van der Waals surface area (Å²) < 4.78 is 10.4. The van der Waals surface area contributed by atoms with E-state index in [9.17, 15) is 0 Å². The van der Waals surface area contributed by atoms with Gasteiger partial charge in [0.25, 0.3) is 0 Å². The molecule has 0 saturated carbocycles. The summed E-state index contributed by atoms with van der Waals surface area (Å²) in [5, 5.41) is 17.5. The third kappa shape index (κ3) is 5.10. The lowest BCUT2D eigenvalue weighted by Crippen LogP contribution is -2.04. The molecular formula is C20H22N8O2. The zero-order valence-corrected chi connectivity index (χ0v) is 16.7. The minimum atomic E-state index is 0.454. The second-order valence-corrected chi connectivity index (χ2v) is 6.69. The third-order valence-corrected chi connectivity index (χ3v) is 4.33. The fraction of sp³-hybridized carbons (Fsp3) is 0.250. The van der Waals surface area contributed by atoms with E-state index >= 15 is 0 Å². The van der Waals surface area contributed by atoms with Gasteiger partial charge in [0.15, 0.2) is 11.6 Å². The van der Waals surface area contributed by atoms with Crippen molar-refractivity contribution in [2.45, 2.75) is 26.3 Å². The van der Waals surface area contributed by atoms with Crippen LogP contribution in [0.25, 0.3) is 0 Å². The Bertz CT molecular complexity index is 1110. The first-order chi connectivity index (χ1) is 14.7. The molecule has 4 aromatic heterocycles. The second-order valence-electron chi connectivity index (χ2n) is 6.69. The number of hydrogen-bond donors (Lipinski definition) is 3. The van der Waals surface area contributed by atoms with Crippen molar-refractivity contribution in [3.63, 3.8) is 0 Å². The van der Waals surface area contributed by atoms with Gasteiger partial charge in [-0.2, -0.15) is 10.1 Å². The number of aryl methyl sites for hydroxylation is 3. The van der Waals surface area contributed by atoms with Crippen LogP contribution in [0.5, 0.6) is 5.75 Å². The number of nitrogens with one attached hydrogen (secondary N) is 3. The first-order valence-corrected chi connectivity index (χ1v) is 9.46. The molecule has 0 aliphatic carbocycles. The molecular weight excluding hydrogens is 384 g/mol. The molecule has 0 saturated heterocycles. The smallest absolute Gasteiger partial charge is 0.224 e. The van der Waals surface area contributed by atoms with Crippen LogP contribution in [0.15, 0.2) is 47.4 Å². The predicted molar refractivity (Wildman–Crippen MR) is 111 cm³/mol. The summed E-state index contributed by atoms with van der Waals surface area (Å²) >= 11 is 0. The van der Waals surface area contributed by atoms with E-state index in [2.05, 4.69) is 40.9 Å². The van der Waals surface area contributed by atoms with Gasteiger partial charge in [-0.3, -0.25) is 10.1 Å². The van der Waals surface area contributed by atoms with Gasteiger partial charge in [0, 0.05) is 30.2 Å². The van der Waals surface area contributed by atoms with Gasteiger partial charge in [0.05, 0.1) is 25.5 Å². The molecule has 4 aromatic rings. The molecule has 0 fully saturated rings. The van der Waals surface area contributed by atoms with E-state index < -0.39 is 0 Å². The standard InChI is InChI=1S/C20H22N8O2/c1-13-7-17(30-28-13)12-23-20-22-6-5-18(25-20)24-19-9-15(26-27-19)4-3-14-8-16(29-2)11-21-10-14/h5-11H,3-4,12H2,1-2H3,(H3,22,23,24,25,26,27). The fourth-order valence-corrected chi connectivity index (χ4v) is 2.86. The molecule has 154 valence electrons. The van der Waals surface area contributed by atoms with Crippen molar-refractivity contribution in [3.8, 4) is 5.75 Å². The maximum atomic E-state index is 5.21. The highest BCUT2D eigenvalue weighted by Gasteiger charge is 2.06. The lowest BCUT2D eigenvalue weighted by Gasteiger charge is -2.05. The highest BCUT2D eigenvalue weighted by atomic mass is 16.5. The fourth-order valence-electron chi connectivity index (χ4n) is 2.86. The van der Waals surface area contributed by atoms with Crippen LogP contribution in [0, 0.1) is 6.92 Å². The predicted octanol–water partition coefficient (Wildman–Crippen LogP) is 3.04. The van der Waals surface area contributed by atoms with Gasteiger partial charge in [-0.05, 0) is 37.5 Å². The van der Waals surface area contributed by atoms with Crippen LogP contribution in [0.3, 0.4) is 0 Å². The van der Waals surface area contributed by atoms with Crippen molar-refractivity contribution in [2.24, 2.45) is 0 Å². The summed E-state index contributed by atoms with van der Waals surface area (Å²) in [6.45, 7) is 2.33. The molecule has 10 nitrogen and oxygen atoms in total. The normalized spacial score (nSPS) is 10.7. The zero-order valence-electron chi connectivity index (χ0n) is 16.7. The molecule has 0 aliphatic rings. The molecule has 10 heteroatoms. The molecule has 0 bridgehead atoms. The van der Waals surface area contributed by atoms with Gasteiger partial charge in [0.1, 0.15) is 11.6 Å². The molecule has 0 aliphatic heterocycles. The van der Waals surface area contributed by atoms with E-state index in [-0.39, 0.29) is 0 Å². The number of anilines is 3. The molecule has 0 unspecified atom stereocenters. The van der Waals surface area contributed by atoms with Crippen LogP contribution in [0.4, 0.5) is 17.6 Å². The Balaban J connectivity index is 1.32. The monoisotopic (exact) mass is 406 g/mol. The van der Waals surface area contributed by atoms with Gasteiger partial charge >= 0.3 is 0 Å². The number of nitrogens with zero attached hydrogens (tertiary/aromatic N) is 5. The van der Waals surface area contributed by atoms with Crippen LogP contribution in [-0.4, -0.2) is 37.4 Å². The SMILES string of the molecule is COc1cncc(CCc2cc(Nc3ccnc(NCc4cc(C)no4)n3)n[nH]2)c1. The number of methoxy groups -OCH3 is 1. The maximum absolute atomic E-state index is 5.21. The molecule has 0 radical (unpaired) electrons. The van der Waals surface area contributed by atoms with Gasteiger partial charge in [0.2, 0.25) is 5.95 Å². The summed E-state index contributed by atoms with van der Waals surface area (Å²) in [4.78, 5) is 12.8. The quantitative estimate of drug-likeness (QED) is 0.384. The van der Waals surface area contributed by atoms with Crippen LogP contribution >= 0.6 is 0 Å². The van der Waals surface area contributed by atoms with Gasteiger partial charge in [-0.15, -0.1) is 0 Å². The van der Waals surface area contributed by atoms with Crippen molar-refractivity contribution >= 4 is 17.6 Å². The maximum Gasteiger partial charge on any atom is 0.224 e. The van der Waals surface area contributed by atoms with Gasteiger partial charge < -0.3 is 19.9 Å². The summed E-state index contributed by atoms with van der Waals surface area (Å²) in [5.41, 5.74) is 2.94. The molecule has 0 spiro atoms. The Kier molecular flexibility index (Phi) is 5.83. The Hall–Kier alpha value is -3.95. The molecule has 3 N–H and O–H groups in total. The summed E-state index contributed by atoms with van der Waals surface area (Å²) in [6, 6.07) is 7.58. The first-order valence-electron chi connectivity index (χ1n) is 9.46. The van der Waals surface area contributed by atoms with Crippen molar-refractivity contribution < 1.29 is 9.26 Å². The molecule has 0 atom stereocenters. The van der Waals surface area contributed by atoms with Crippen molar-refractivity contribution in [2.75, 3.05) is 17.7 Å². The number of aromatic amines is 1. The van der Waals surface area contributed by atoms with Crippen molar-refractivity contribution in [3.05, 3.63) is 65.6 Å². The van der Waals surface area contributed by atoms with E-state index in [1.165, 1.54) is 0 Å². The minimum Gasteiger partial charge on any atom is -0.495 e. The minimum absolute atomic E-state index is 0.454. The van der Waals surface area contributed by atoms with Crippen molar-refractivity contribution in [1.82, 2.24) is 30.3 Å². The molecule has 0 aromatic carbocycles. The van der Waals surface area contributed by atoms with E-state index in [0.29, 0.717) is 24.1 Å². The van der Waals surface area contributed by atoms with Gasteiger partial charge in [-0.25, -0.2) is 4.98 Å². The lowest BCUT2D eigenvalue weighted by atomic mass is 10.1. The Morgan fingerprint density at radius 3 is 2.90 bits per heavy atom. The Morgan fingerprint density at radius 2 is 2.07 bits per heavy atom. The molecule has 0 amide bonds. The van der Waals surface area contributed by atoms with E-state index in [4.69, 9.17) is 9.26 Å².